The van der Waals surface area contributed by atoms with Gasteiger partial charge in [-0.05, 0) is 38.7 Å². The van der Waals surface area contributed by atoms with Gasteiger partial charge in [-0.3, -0.25) is 4.79 Å². The third kappa shape index (κ3) is 2.92. The normalized spacial score (nSPS) is 19.5. The van der Waals surface area contributed by atoms with Crippen LogP contribution in [0.2, 0.25) is 0 Å². The van der Waals surface area contributed by atoms with E-state index in [1.165, 1.54) is 0 Å². The molecule has 2 heterocycles. The van der Waals surface area contributed by atoms with Gasteiger partial charge in [-0.1, -0.05) is 6.92 Å². The average Bonchev–Trinajstić information content (AvgIpc) is 2.46. The van der Waals surface area contributed by atoms with Crippen LogP contribution >= 0.6 is 0 Å². The molecule has 2 rings (SSSR count). The number of hydrogen-bond acceptors (Lipinski definition) is 4. The molecule has 0 radical (unpaired) electrons. The number of aliphatic hydroxyl groups is 1. The van der Waals surface area contributed by atoms with Crippen molar-refractivity contribution >= 4 is 5.91 Å². The van der Waals surface area contributed by atoms with E-state index in [2.05, 4.69) is 10.2 Å². The van der Waals surface area contributed by atoms with E-state index in [0.29, 0.717) is 18.5 Å². The van der Waals surface area contributed by atoms with Gasteiger partial charge >= 0.3 is 0 Å². The summed E-state index contributed by atoms with van der Waals surface area (Å²) in [5, 5.41) is 17.5. The van der Waals surface area contributed by atoms with Crippen LogP contribution in [0.3, 0.4) is 0 Å². The summed E-state index contributed by atoms with van der Waals surface area (Å²) in [7, 11) is 0. The zero-order chi connectivity index (χ0) is 13.8. The summed E-state index contributed by atoms with van der Waals surface area (Å²) in [5.74, 6) is -0.0198. The average molecular weight is 263 g/mol. The van der Waals surface area contributed by atoms with Gasteiger partial charge in [-0.2, -0.15) is 10.2 Å². The first-order valence-corrected chi connectivity index (χ1v) is 6.92. The number of likely N-dealkylation sites (tertiary alicyclic amines) is 1. The molecule has 1 unspecified atom stereocenters. The summed E-state index contributed by atoms with van der Waals surface area (Å²) < 4.78 is 0. The van der Waals surface area contributed by atoms with Crippen LogP contribution in [-0.2, 0) is 6.42 Å². The molecule has 0 bridgehead atoms. The van der Waals surface area contributed by atoms with Crippen LogP contribution in [0, 0.1) is 6.92 Å². The molecular formula is C14H21N3O2. The third-order valence-electron chi connectivity index (χ3n) is 3.66. The molecule has 1 atom stereocenters. The highest BCUT2D eigenvalue weighted by Crippen LogP contribution is 2.20. The minimum absolute atomic E-state index is 0.0198. The molecule has 1 saturated heterocycles. The maximum Gasteiger partial charge on any atom is 0.256 e. The smallest absolute Gasteiger partial charge is 0.256 e. The van der Waals surface area contributed by atoms with Crippen molar-refractivity contribution in [3.63, 3.8) is 0 Å². The van der Waals surface area contributed by atoms with Crippen molar-refractivity contribution < 1.29 is 9.90 Å². The van der Waals surface area contributed by atoms with Crippen molar-refractivity contribution in [1.29, 1.82) is 0 Å². The summed E-state index contributed by atoms with van der Waals surface area (Å²) in [4.78, 5) is 14.4. The quantitative estimate of drug-likeness (QED) is 0.893. The van der Waals surface area contributed by atoms with Gasteiger partial charge in [0.25, 0.3) is 5.91 Å². The summed E-state index contributed by atoms with van der Waals surface area (Å²) in [6.07, 6.45) is 3.64. The molecule has 1 aliphatic heterocycles. The lowest BCUT2D eigenvalue weighted by Crippen LogP contribution is -2.46. The number of carbonyl (C=O) groups is 1. The lowest BCUT2D eigenvalue weighted by Gasteiger charge is -2.35. The molecule has 1 aliphatic rings. The standard InChI is InChI=1S/C14H21N3O2/c1-3-13-12(8-10(2)15-16-13)14(19)17-7-5-4-6-11(17)9-18/h8,11,18H,3-7,9H2,1-2H3. The summed E-state index contributed by atoms with van der Waals surface area (Å²) in [5.41, 5.74) is 2.12. The van der Waals surface area contributed by atoms with E-state index in [0.717, 1.165) is 30.7 Å². The number of piperidine rings is 1. The third-order valence-corrected chi connectivity index (χ3v) is 3.66. The van der Waals surface area contributed by atoms with Gasteiger partial charge in [0.15, 0.2) is 0 Å². The Morgan fingerprint density at radius 2 is 2.26 bits per heavy atom. The second-order valence-electron chi connectivity index (χ2n) is 5.03. The van der Waals surface area contributed by atoms with Crippen LogP contribution in [0.15, 0.2) is 6.07 Å². The minimum Gasteiger partial charge on any atom is -0.394 e. The first kappa shape index (κ1) is 13.9. The Hall–Kier alpha value is -1.49. The Labute approximate surface area is 113 Å². The minimum atomic E-state index is -0.0561. The topological polar surface area (TPSA) is 66.3 Å². The van der Waals surface area contributed by atoms with E-state index < -0.39 is 0 Å². The van der Waals surface area contributed by atoms with Crippen molar-refractivity contribution in [2.75, 3.05) is 13.2 Å². The summed E-state index contributed by atoms with van der Waals surface area (Å²) >= 11 is 0. The van der Waals surface area contributed by atoms with Gasteiger partial charge in [0.1, 0.15) is 0 Å². The lowest BCUT2D eigenvalue weighted by atomic mass is 10.0. The van der Waals surface area contributed by atoms with Gasteiger partial charge in [-0.25, -0.2) is 0 Å². The Balaban J connectivity index is 2.29. The number of amides is 1. The zero-order valence-electron chi connectivity index (χ0n) is 11.6. The molecule has 5 nitrogen and oxygen atoms in total. The van der Waals surface area contributed by atoms with E-state index >= 15 is 0 Å². The summed E-state index contributed by atoms with van der Waals surface area (Å²) in [6, 6.07) is 1.75. The maximum absolute atomic E-state index is 12.6. The molecule has 19 heavy (non-hydrogen) atoms. The predicted octanol–water partition coefficient (Wildman–Crippen LogP) is 1.33. The van der Waals surface area contributed by atoms with Crippen molar-refractivity contribution in [1.82, 2.24) is 15.1 Å². The molecule has 1 amide bonds. The Morgan fingerprint density at radius 3 is 2.95 bits per heavy atom. The van der Waals surface area contributed by atoms with Crippen molar-refractivity contribution in [3.8, 4) is 0 Å². The van der Waals surface area contributed by atoms with Crippen molar-refractivity contribution in [2.24, 2.45) is 0 Å². The predicted molar refractivity (Wildman–Crippen MR) is 71.9 cm³/mol. The molecule has 1 aromatic rings. The van der Waals surface area contributed by atoms with Crippen LogP contribution < -0.4 is 0 Å². The molecule has 0 aromatic carbocycles. The van der Waals surface area contributed by atoms with Gasteiger partial charge in [-0.15, -0.1) is 0 Å². The van der Waals surface area contributed by atoms with Crippen molar-refractivity contribution in [2.45, 2.75) is 45.6 Å². The molecule has 5 heteroatoms. The Kier molecular flexibility index (Phi) is 4.47. The highest BCUT2D eigenvalue weighted by Gasteiger charge is 2.28. The molecule has 0 aliphatic carbocycles. The van der Waals surface area contributed by atoms with Crippen LogP contribution in [0.1, 0.15) is 47.9 Å². The molecule has 1 N–H and O–H groups in total. The number of hydrogen-bond donors (Lipinski definition) is 1. The SMILES string of the molecule is CCc1nnc(C)cc1C(=O)N1CCCCC1CO. The van der Waals surface area contributed by atoms with E-state index in [4.69, 9.17) is 0 Å². The number of aryl methyl sites for hydroxylation is 2. The molecule has 1 aromatic heterocycles. The first-order chi connectivity index (χ1) is 9.17. The zero-order valence-corrected chi connectivity index (χ0v) is 11.6. The molecule has 0 saturated carbocycles. The fraction of sp³-hybridized carbons (Fsp3) is 0.643. The fourth-order valence-corrected chi connectivity index (χ4v) is 2.57. The fourth-order valence-electron chi connectivity index (χ4n) is 2.57. The number of rotatable bonds is 3. The largest absolute Gasteiger partial charge is 0.394 e. The van der Waals surface area contributed by atoms with E-state index in [9.17, 15) is 9.90 Å². The van der Waals surface area contributed by atoms with Gasteiger partial charge in [0.05, 0.1) is 29.6 Å². The second-order valence-corrected chi connectivity index (χ2v) is 5.03. The monoisotopic (exact) mass is 263 g/mol. The second kappa shape index (κ2) is 6.10. The number of carbonyl (C=O) groups excluding carboxylic acids is 1. The molecule has 0 spiro atoms. The first-order valence-electron chi connectivity index (χ1n) is 6.92. The van der Waals surface area contributed by atoms with Gasteiger partial charge < -0.3 is 10.0 Å². The summed E-state index contributed by atoms with van der Waals surface area (Å²) in [6.45, 7) is 4.55. The number of aromatic nitrogens is 2. The number of nitrogens with zero attached hydrogens (tertiary/aromatic N) is 3. The van der Waals surface area contributed by atoms with Crippen molar-refractivity contribution in [3.05, 3.63) is 23.0 Å². The van der Waals surface area contributed by atoms with E-state index in [-0.39, 0.29) is 18.6 Å². The van der Waals surface area contributed by atoms with Crippen LogP contribution in [0.5, 0.6) is 0 Å². The van der Waals surface area contributed by atoms with Gasteiger partial charge in [0, 0.05) is 6.54 Å². The lowest BCUT2D eigenvalue weighted by molar-refractivity contribution is 0.0501. The Morgan fingerprint density at radius 1 is 1.47 bits per heavy atom. The van der Waals surface area contributed by atoms with Gasteiger partial charge in [0.2, 0.25) is 0 Å². The highest BCUT2D eigenvalue weighted by molar-refractivity contribution is 5.95. The van der Waals surface area contributed by atoms with E-state index in [1.807, 2.05) is 13.8 Å². The Bertz CT molecular complexity index is 462. The van der Waals surface area contributed by atoms with Crippen LogP contribution in [0.25, 0.3) is 0 Å². The molecule has 104 valence electrons. The van der Waals surface area contributed by atoms with Crippen LogP contribution in [0.4, 0.5) is 0 Å². The van der Waals surface area contributed by atoms with Crippen LogP contribution in [-0.4, -0.2) is 45.3 Å². The maximum atomic E-state index is 12.6. The molecule has 1 fully saturated rings. The highest BCUT2D eigenvalue weighted by atomic mass is 16.3. The molecular weight excluding hydrogens is 242 g/mol. The number of aliphatic hydroxyl groups excluding tert-OH is 1. The van der Waals surface area contributed by atoms with E-state index in [1.54, 1.807) is 11.0 Å².